The molecule has 2 heterocycles. The van der Waals surface area contributed by atoms with Crippen LogP contribution >= 0.6 is 24.0 Å². The second-order valence-corrected chi connectivity index (χ2v) is 6.19. The predicted octanol–water partition coefficient (Wildman–Crippen LogP) is 3.15. The van der Waals surface area contributed by atoms with Crippen LogP contribution in [0.5, 0.6) is 0 Å². The fourth-order valence-electron chi connectivity index (χ4n) is 3.02. The Hall–Kier alpha value is -1.64. The van der Waals surface area contributed by atoms with E-state index in [1.54, 1.807) is 0 Å². The highest BCUT2D eigenvalue weighted by Crippen LogP contribution is 2.14. The Balaban J connectivity index is 0.00000225. The number of nitrogens with one attached hydrogen (secondary N) is 1. The molecule has 0 radical (unpaired) electrons. The molecule has 1 aromatic carbocycles. The molecule has 0 spiro atoms. The van der Waals surface area contributed by atoms with E-state index in [-0.39, 0.29) is 24.0 Å². The smallest absolute Gasteiger partial charge is 0.193 e. The van der Waals surface area contributed by atoms with Crippen molar-refractivity contribution in [2.45, 2.75) is 52.0 Å². The molecule has 136 valence electrons. The van der Waals surface area contributed by atoms with Gasteiger partial charge in [0.2, 0.25) is 0 Å². The van der Waals surface area contributed by atoms with Crippen LogP contribution < -0.4 is 11.1 Å². The van der Waals surface area contributed by atoms with Crippen molar-refractivity contribution in [2.24, 2.45) is 10.7 Å². The topological polar surface area (TPSA) is 81.1 Å². The summed E-state index contributed by atoms with van der Waals surface area (Å²) >= 11 is 0. The van der Waals surface area contributed by atoms with Crippen molar-refractivity contribution in [1.29, 1.82) is 0 Å². The van der Waals surface area contributed by atoms with Crippen LogP contribution in [0.15, 0.2) is 29.3 Å². The number of benzene rings is 1. The van der Waals surface area contributed by atoms with E-state index in [4.69, 9.17) is 5.73 Å². The van der Waals surface area contributed by atoms with Crippen molar-refractivity contribution in [3.63, 3.8) is 0 Å². The van der Waals surface area contributed by atoms with Crippen LogP contribution in [-0.2, 0) is 25.8 Å². The van der Waals surface area contributed by atoms with Gasteiger partial charge in [-0.3, -0.25) is 4.99 Å². The van der Waals surface area contributed by atoms with Gasteiger partial charge < -0.3 is 15.6 Å². The summed E-state index contributed by atoms with van der Waals surface area (Å²) in [5, 5.41) is 11.8. The number of halogens is 1. The highest BCUT2D eigenvalue weighted by atomic mass is 127. The number of hydrogen-bond donors (Lipinski definition) is 2. The van der Waals surface area contributed by atoms with Crippen LogP contribution in [0, 0.1) is 0 Å². The Morgan fingerprint density at radius 3 is 2.76 bits per heavy atom. The maximum absolute atomic E-state index is 5.97. The quantitative estimate of drug-likeness (QED) is 0.413. The molecule has 6 nitrogen and oxygen atoms in total. The molecule has 3 rings (SSSR count). The average Bonchev–Trinajstić information content (AvgIpc) is 2.82. The van der Waals surface area contributed by atoms with Gasteiger partial charge in [-0.05, 0) is 37.0 Å². The van der Waals surface area contributed by atoms with Crippen LogP contribution in [-0.4, -0.2) is 27.3 Å². The minimum atomic E-state index is 0. The summed E-state index contributed by atoms with van der Waals surface area (Å²) in [6, 6.07) is 8.25. The molecular weight excluding hydrogens is 427 g/mol. The summed E-state index contributed by atoms with van der Waals surface area (Å²) in [7, 11) is 0. The molecule has 0 saturated carbocycles. The Bertz CT molecular complexity index is 692. The molecule has 0 fully saturated rings. The normalized spacial score (nSPS) is 14.4. The first-order chi connectivity index (χ1) is 11.8. The average molecular weight is 454 g/mol. The lowest BCUT2D eigenvalue weighted by atomic mass is 10.1. The summed E-state index contributed by atoms with van der Waals surface area (Å²) in [4.78, 5) is 4.41. The van der Waals surface area contributed by atoms with Gasteiger partial charge in [0.15, 0.2) is 5.96 Å². The zero-order chi connectivity index (χ0) is 16.8. The molecule has 0 bridgehead atoms. The third-order valence-electron chi connectivity index (χ3n) is 4.44. The zero-order valence-electron chi connectivity index (χ0n) is 14.7. The lowest BCUT2D eigenvalue weighted by Gasteiger charge is -2.07. The fourth-order valence-corrected chi connectivity index (χ4v) is 3.02. The van der Waals surface area contributed by atoms with Crippen molar-refractivity contribution in [3.8, 4) is 0 Å². The first kappa shape index (κ1) is 19.7. The van der Waals surface area contributed by atoms with Gasteiger partial charge in [-0.2, -0.15) is 0 Å². The first-order valence-electron chi connectivity index (χ1n) is 8.83. The van der Waals surface area contributed by atoms with Gasteiger partial charge in [0.25, 0.3) is 0 Å². The van der Waals surface area contributed by atoms with E-state index in [1.165, 1.54) is 24.8 Å². The number of aryl methyl sites for hydroxylation is 2. The second-order valence-electron chi connectivity index (χ2n) is 6.19. The predicted molar refractivity (Wildman–Crippen MR) is 113 cm³/mol. The van der Waals surface area contributed by atoms with E-state index in [0.29, 0.717) is 12.5 Å². The van der Waals surface area contributed by atoms with Crippen LogP contribution in [0.1, 0.15) is 43.4 Å². The number of aromatic nitrogens is 3. The van der Waals surface area contributed by atoms with Gasteiger partial charge in [-0.25, -0.2) is 0 Å². The highest BCUT2D eigenvalue weighted by Gasteiger charge is 2.13. The number of hydrogen-bond acceptors (Lipinski definition) is 3. The second kappa shape index (κ2) is 9.74. The summed E-state index contributed by atoms with van der Waals surface area (Å²) < 4.78 is 2.26. The summed E-state index contributed by atoms with van der Waals surface area (Å²) in [6.45, 7) is 3.78. The van der Waals surface area contributed by atoms with E-state index in [0.717, 1.165) is 43.1 Å². The molecule has 0 atom stereocenters. The van der Waals surface area contributed by atoms with Crippen molar-refractivity contribution >= 4 is 35.6 Å². The molecule has 1 aliphatic rings. The summed E-state index contributed by atoms with van der Waals surface area (Å²) in [5.74, 6) is 2.58. The minimum Gasteiger partial charge on any atom is -0.370 e. The maximum Gasteiger partial charge on any atom is 0.193 e. The molecule has 25 heavy (non-hydrogen) atoms. The lowest BCUT2D eigenvalue weighted by molar-refractivity contribution is 0.605. The van der Waals surface area contributed by atoms with Gasteiger partial charge in [0.05, 0.1) is 0 Å². The minimum absolute atomic E-state index is 0. The third-order valence-corrected chi connectivity index (χ3v) is 4.44. The third kappa shape index (κ3) is 5.42. The number of nitrogens with two attached hydrogens (primary N) is 1. The summed E-state index contributed by atoms with van der Waals surface area (Å²) in [6.07, 6.45) is 6.53. The molecule has 0 amide bonds. The van der Waals surface area contributed by atoms with Crippen molar-refractivity contribution in [1.82, 2.24) is 14.8 Å². The van der Waals surface area contributed by atoms with Crippen molar-refractivity contribution in [2.75, 3.05) is 11.9 Å². The zero-order valence-corrected chi connectivity index (χ0v) is 17.1. The van der Waals surface area contributed by atoms with Gasteiger partial charge >= 0.3 is 0 Å². The highest BCUT2D eigenvalue weighted by molar-refractivity contribution is 14.0. The Kier molecular flexibility index (Phi) is 7.67. The monoisotopic (exact) mass is 454 g/mol. The Morgan fingerprint density at radius 1 is 1.20 bits per heavy atom. The first-order valence-corrected chi connectivity index (χ1v) is 8.83. The SMILES string of the molecule is CCc1ccc(NC(N)=NCCc2nnc3n2CCCCC3)cc1.I. The van der Waals surface area contributed by atoms with Gasteiger partial charge in [-0.1, -0.05) is 25.5 Å². The van der Waals surface area contributed by atoms with Crippen molar-refractivity contribution in [3.05, 3.63) is 41.5 Å². The molecular formula is C18H27IN6. The number of nitrogens with zero attached hydrogens (tertiary/aromatic N) is 4. The van der Waals surface area contributed by atoms with E-state index in [1.807, 2.05) is 12.1 Å². The van der Waals surface area contributed by atoms with Gasteiger partial charge in [-0.15, -0.1) is 34.2 Å². The summed E-state index contributed by atoms with van der Waals surface area (Å²) in [5.41, 5.74) is 8.25. The molecule has 0 unspecified atom stereocenters. The molecule has 3 N–H and O–H groups in total. The number of rotatable bonds is 5. The molecule has 2 aromatic rings. The van der Waals surface area contributed by atoms with Crippen molar-refractivity contribution < 1.29 is 0 Å². The Labute approximate surface area is 166 Å². The molecule has 1 aliphatic heterocycles. The van der Waals surface area contributed by atoms with Crippen LogP contribution in [0.2, 0.25) is 0 Å². The fraction of sp³-hybridized carbons (Fsp3) is 0.500. The standard InChI is InChI=1S/C18H26N6.HI/c1-2-14-7-9-15(10-8-14)21-18(19)20-12-11-17-23-22-16-6-4-3-5-13-24(16)17;/h7-10H,2-6,11-13H2,1H3,(H3,19,20,21);1H. The molecule has 0 aliphatic carbocycles. The van der Waals surface area contributed by atoms with E-state index in [9.17, 15) is 0 Å². The van der Waals surface area contributed by atoms with Gasteiger partial charge in [0, 0.05) is 31.6 Å². The van der Waals surface area contributed by atoms with E-state index < -0.39 is 0 Å². The van der Waals surface area contributed by atoms with E-state index >= 15 is 0 Å². The largest absolute Gasteiger partial charge is 0.370 e. The lowest BCUT2D eigenvalue weighted by Crippen LogP contribution is -2.23. The Morgan fingerprint density at radius 2 is 2.00 bits per heavy atom. The van der Waals surface area contributed by atoms with Crippen LogP contribution in [0.4, 0.5) is 5.69 Å². The number of fused-ring (bicyclic) bond motifs is 1. The van der Waals surface area contributed by atoms with E-state index in [2.05, 4.69) is 44.1 Å². The molecule has 1 aromatic heterocycles. The number of guanidine groups is 1. The number of anilines is 1. The molecule has 7 heteroatoms. The van der Waals surface area contributed by atoms with Gasteiger partial charge in [0.1, 0.15) is 11.6 Å². The van der Waals surface area contributed by atoms with Crippen LogP contribution in [0.25, 0.3) is 0 Å². The van der Waals surface area contributed by atoms with Crippen LogP contribution in [0.3, 0.4) is 0 Å². The number of aliphatic imine (C=N–C) groups is 1. The molecule has 0 saturated heterocycles. The maximum atomic E-state index is 5.97.